The van der Waals surface area contributed by atoms with Crippen LogP contribution in [0.2, 0.25) is 0 Å². The van der Waals surface area contributed by atoms with Gasteiger partial charge in [-0.2, -0.15) is 0 Å². The molecule has 1 heterocycles. The molecule has 0 spiro atoms. The lowest BCUT2D eigenvalue weighted by Crippen LogP contribution is -2.39. The van der Waals surface area contributed by atoms with Crippen molar-refractivity contribution in [2.24, 2.45) is 0 Å². The fraction of sp³-hybridized carbons (Fsp3) is 0.938. The summed E-state index contributed by atoms with van der Waals surface area (Å²) < 4.78 is 0. The fourth-order valence-electron chi connectivity index (χ4n) is 5.45. The van der Waals surface area contributed by atoms with Gasteiger partial charge in [-0.05, 0) is 25.7 Å². The molecule has 0 aromatic heterocycles. The summed E-state index contributed by atoms with van der Waals surface area (Å²) in [7, 11) is 0. The molecule has 0 aromatic rings. The largest absolute Gasteiger partial charge is 0.356 e. The summed E-state index contributed by atoms with van der Waals surface area (Å²) in [5, 5.41) is 0. The minimum atomic E-state index is 0.642. The van der Waals surface area contributed by atoms with Gasteiger partial charge in [-0.25, -0.2) is 0 Å². The van der Waals surface area contributed by atoms with E-state index in [1.807, 2.05) is 0 Å². The normalized spacial score (nSPS) is 15.7. The van der Waals surface area contributed by atoms with Gasteiger partial charge in [0.25, 0.3) is 0 Å². The first-order valence-electron chi connectivity index (χ1n) is 16.0. The Balaban J connectivity index is 2.11. The monoisotopic (exact) mass is 477 g/mol. The highest BCUT2D eigenvalue weighted by atomic mass is 15.4. The van der Waals surface area contributed by atoms with Crippen molar-refractivity contribution in [2.75, 3.05) is 13.1 Å². The summed E-state index contributed by atoms with van der Waals surface area (Å²) >= 11 is 0. The molecule has 0 radical (unpaired) electrons. The zero-order valence-electron chi connectivity index (χ0n) is 24.0. The van der Waals surface area contributed by atoms with Gasteiger partial charge in [-0.3, -0.25) is 0 Å². The van der Waals surface area contributed by atoms with Crippen LogP contribution in [-0.4, -0.2) is 29.1 Å². The first-order valence-corrected chi connectivity index (χ1v) is 16.0. The Morgan fingerprint density at radius 3 is 1.12 bits per heavy atom. The standard InChI is InChI=1S/C32H64N2/c1-4-7-10-12-14-16-17-18-19-21-23-25-27-32-33(28-9-6-3)30-31-34(32)29-26-24-22-20-15-13-11-8-5-2/h30-32H,4-29H2,1-3H3. The molecule has 0 saturated carbocycles. The molecule has 0 fully saturated rings. The van der Waals surface area contributed by atoms with Gasteiger partial charge in [-0.1, -0.05) is 149 Å². The van der Waals surface area contributed by atoms with Gasteiger partial charge in [0, 0.05) is 25.5 Å². The molecule has 0 aliphatic carbocycles. The zero-order chi connectivity index (χ0) is 24.5. The summed E-state index contributed by atoms with van der Waals surface area (Å²) in [6, 6.07) is 0. The molecule has 1 rings (SSSR count). The van der Waals surface area contributed by atoms with Crippen LogP contribution in [0.5, 0.6) is 0 Å². The molecule has 0 bridgehead atoms. The van der Waals surface area contributed by atoms with Crippen molar-refractivity contribution in [3.63, 3.8) is 0 Å². The van der Waals surface area contributed by atoms with E-state index in [4.69, 9.17) is 0 Å². The van der Waals surface area contributed by atoms with Gasteiger partial charge in [0.05, 0.1) is 0 Å². The molecule has 2 nitrogen and oxygen atoms in total. The van der Waals surface area contributed by atoms with Gasteiger partial charge in [0.2, 0.25) is 0 Å². The van der Waals surface area contributed by atoms with Crippen LogP contribution in [0.1, 0.15) is 175 Å². The molecular weight excluding hydrogens is 412 g/mol. The van der Waals surface area contributed by atoms with Gasteiger partial charge in [-0.15, -0.1) is 0 Å². The number of rotatable bonds is 26. The molecule has 0 N–H and O–H groups in total. The fourth-order valence-corrected chi connectivity index (χ4v) is 5.45. The SMILES string of the molecule is CCCCCCCCCCCCCCC1N(CCCC)C=CN1CCCCCCCCCCC. The Morgan fingerprint density at radius 1 is 0.382 bits per heavy atom. The van der Waals surface area contributed by atoms with Gasteiger partial charge < -0.3 is 9.80 Å². The Bertz CT molecular complexity index is 433. The predicted octanol–water partition coefficient (Wildman–Crippen LogP) is 10.8. The van der Waals surface area contributed by atoms with E-state index in [0.29, 0.717) is 6.17 Å². The average molecular weight is 477 g/mol. The Kier molecular flexibility index (Phi) is 22.2. The summed E-state index contributed by atoms with van der Waals surface area (Å²) in [6.45, 7) is 9.44. The highest BCUT2D eigenvalue weighted by Crippen LogP contribution is 2.23. The third-order valence-corrected chi connectivity index (χ3v) is 7.82. The molecule has 2 heteroatoms. The maximum Gasteiger partial charge on any atom is 0.101 e. The molecule has 0 saturated heterocycles. The van der Waals surface area contributed by atoms with E-state index in [2.05, 4.69) is 43.0 Å². The summed E-state index contributed by atoms with van der Waals surface area (Å²) in [4.78, 5) is 5.32. The van der Waals surface area contributed by atoms with Crippen molar-refractivity contribution in [1.82, 2.24) is 9.80 Å². The number of hydrogen-bond donors (Lipinski definition) is 0. The van der Waals surface area contributed by atoms with Crippen molar-refractivity contribution in [2.45, 2.75) is 181 Å². The molecule has 0 aromatic carbocycles. The maximum atomic E-state index is 2.68. The third kappa shape index (κ3) is 16.9. The highest BCUT2D eigenvalue weighted by molar-refractivity contribution is 4.96. The lowest BCUT2D eigenvalue weighted by Gasteiger charge is -2.33. The van der Waals surface area contributed by atoms with Crippen molar-refractivity contribution in [1.29, 1.82) is 0 Å². The second kappa shape index (κ2) is 24.1. The summed E-state index contributed by atoms with van der Waals surface area (Å²) in [5.74, 6) is 0. The van der Waals surface area contributed by atoms with E-state index in [9.17, 15) is 0 Å². The molecular formula is C32H64N2. The van der Waals surface area contributed by atoms with E-state index < -0.39 is 0 Å². The predicted molar refractivity (Wildman–Crippen MR) is 154 cm³/mol. The van der Waals surface area contributed by atoms with E-state index >= 15 is 0 Å². The van der Waals surface area contributed by atoms with Crippen LogP contribution in [0.25, 0.3) is 0 Å². The summed E-state index contributed by atoms with van der Waals surface area (Å²) in [5.41, 5.74) is 0. The van der Waals surface area contributed by atoms with E-state index in [0.717, 1.165) is 0 Å². The van der Waals surface area contributed by atoms with E-state index in [1.165, 1.54) is 167 Å². The lowest BCUT2D eigenvalue weighted by molar-refractivity contribution is 0.136. The molecule has 1 aliphatic rings. The van der Waals surface area contributed by atoms with Crippen LogP contribution >= 0.6 is 0 Å². The first kappa shape index (κ1) is 31.4. The zero-order valence-corrected chi connectivity index (χ0v) is 24.0. The number of nitrogens with zero attached hydrogens (tertiary/aromatic N) is 2. The van der Waals surface area contributed by atoms with Crippen molar-refractivity contribution in [3.05, 3.63) is 12.4 Å². The molecule has 34 heavy (non-hydrogen) atoms. The first-order chi connectivity index (χ1) is 16.8. The van der Waals surface area contributed by atoms with Gasteiger partial charge >= 0.3 is 0 Å². The molecule has 1 atom stereocenters. The molecule has 1 aliphatic heterocycles. The van der Waals surface area contributed by atoms with Crippen molar-refractivity contribution in [3.8, 4) is 0 Å². The maximum absolute atomic E-state index is 2.68. The minimum Gasteiger partial charge on any atom is -0.356 e. The average Bonchev–Trinajstić information content (AvgIpc) is 3.23. The van der Waals surface area contributed by atoms with Crippen LogP contribution in [0, 0.1) is 0 Å². The third-order valence-electron chi connectivity index (χ3n) is 7.82. The van der Waals surface area contributed by atoms with E-state index in [-0.39, 0.29) is 0 Å². The quantitative estimate of drug-likeness (QED) is 0.114. The smallest absolute Gasteiger partial charge is 0.101 e. The summed E-state index contributed by atoms with van der Waals surface area (Å²) in [6.07, 6.45) is 39.6. The second-order valence-electron chi connectivity index (χ2n) is 11.1. The van der Waals surface area contributed by atoms with Crippen LogP contribution in [0.3, 0.4) is 0 Å². The van der Waals surface area contributed by atoms with Gasteiger partial charge in [0.15, 0.2) is 0 Å². The molecule has 0 amide bonds. The van der Waals surface area contributed by atoms with Crippen LogP contribution in [-0.2, 0) is 0 Å². The Morgan fingerprint density at radius 2 is 0.706 bits per heavy atom. The van der Waals surface area contributed by atoms with Crippen molar-refractivity contribution < 1.29 is 0 Å². The number of unbranched alkanes of at least 4 members (excludes halogenated alkanes) is 20. The second-order valence-corrected chi connectivity index (χ2v) is 11.1. The topological polar surface area (TPSA) is 6.48 Å². The minimum absolute atomic E-state index is 0.642. The van der Waals surface area contributed by atoms with Crippen molar-refractivity contribution >= 4 is 0 Å². The molecule has 1 unspecified atom stereocenters. The lowest BCUT2D eigenvalue weighted by atomic mass is 10.0. The highest BCUT2D eigenvalue weighted by Gasteiger charge is 2.24. The van der Waals surface area contributed by atoms with Crippen LogP contribution in [0.4, 0.5) is 0 Å². The molecule has 202 valence electrons. The van der Waals surface area contributed by atoms with Crippen LogP contribution < -0.4 is 0 Å². The van der Waals surface area contributed by atoms with Crippen LogP contribution in [0.15, 0.2) is 12.4 Å². The van der Waals surface area contributed by atoms with Gasteiger partial charge in [0.1, 0.15) is 6.17 Å². The number of hydrogen-bond acceptors (Lipinski definition) is 2. The Hall–Kier alpha value is -0.660. The van der Waals surface area contributed by atoms with E-state index in [1.54, 1.807) is 0 Å². The Labute approximate surface area is 216 Å².